The van der Waals surface area contributed by atoms with Crippen molar-refractivity contribution >= 4 is 5.91 Å². The molecule has 2 aliphatic rings. The monoisotopic (exact) mass is 313 g/mol. The molecule has 4 rings (SSSR count). The number of carbonyl (C=O) groups excluding carboxylic acids is 1. The van der Waals surface area contributed by atoms with E-state index in [1.165, 1.54) is 0 Å². The zero-order valence-electron chi connectivity index (χ0n) is 12.3. The lowest BCUT2D eigenvalue weighted by molar-refractivity contribution is 0.0939. The third-order valence-electron chi connectivity index (χ3n) is 3.70. The molecule has 2 aliphatic heterocycles. The van der Waals surface area contributed by atoms with Crippen molar-refractivity contribution in [1.82, 2.24) is 5.32 Å². The first-order valence-corrected chi connectivity index (χ1v) is 7.36. The molecule has 2 aromatic rings. The van der Waals surface area contributed by atoms with Crippen LogP contribution in [0.4, 0.5) is 0 Å². The third-order valence-corrected chi connectivity index (χ3v) is 3.70. The van der Waals surface area contributed by atoms with Crippen molar-refractivity contribution < 1.29 is 23.7 Å². The number of amides is 1. The first-order chi connectivity index (χ1) is 11.3. The van der Waals surface area contributed by atoms with E-state index in [9.17, 15) is 4.79 Å². The molecule has 0 saturated carbocycles. The average molecular weight is 313 g/mol. The Balaban J connectivity index is 1.48. The van der Waals surface area contributed by atoms with E-state index in [1.807, 2.05) is 18.2 Å². The standard InChI is InChI=1S/C17H15NO5/c19-17(12-2-1-3-14-16(12)21-7-6-20-14)18-9-11-4-5-13-15(8-11)23-10-22-13/h1-5,8H,6-7,9-10H2,(H,18,19). The van der Waals surface area contributed by atoms with Gasteiger partial charge in [0, 0.05) is 6.54 Å². The molecular formula is C17H15NO5. The molecule has 0 unspecified atom stereocenters. The number of rotatable bonds is 3. The van der Waals surface area contributed by atoms with E-state index < -0.39 is 0 Å². The average Bonchev–Trinajstić information content (AvgIpc) is 3.07. The molecular weight excluding hydrogens is 298 g/mol. The zero-order valence-corrected chi connectivity index (χ0v) is 12.3. The summed E-state index contributed by atoms with van der Waals surface area (Å²) in [6.45, 7) is 1.56. The largest absolute Gasteiger partial charge is 0.486 e. The molecule has 0 atom stereocenters. The fourth-order valence-electron chi connectivity index (χ4n) is 2.58. The lowest BCUT2D eigenvalue weighted by Crippen LogP contribution is -2.25. The SMILES string of the molecule is O=C(NCc1ccc2c(c1)OCO2)c1cccc2c1OCCO2. The lowest BCUT2D eigenvalue weighted by atomic mass is 10.1. The van der Waals surface area contributed by atoms with Gasteiger partial charge < -0.3 is 24.3 Å². The van der Waals surface area contributed by atoms with Gasteiger partial charge in [0.15, 0.2) is 23.0 Å². The molecule has 0 fully saturated rings. The third kappa shape index (κ3) is 2.63. The molecule has 2 aromatic carbocycles. The van der Waals surface area contributed by atoms with E-state index >= 15 is 0 Å². The molecule has 1 amide bonds. The molecule has 0 aromatic heterocycles. The molecule has 2 heterocycles. The van der Waals surface area contributed by atoms with E-state index in [4.69, 9.17) is 18.9 Å². The highest BCUT2D eigenvalue weighted by Crippen LogP contribution is 2.34. The summed E-state index contributed by atoms with van der Waals surface area (Å²) < 4.78 is 21.7. The van der Waals surface area contributed by atoms with Gasteiger partial charge in [-0.1, -0.05) is 12.1 Å². The van der Waals surface area contributed by atoms with Gasteiger partial charge in [-0.2, -0.15) is 0 Å². The first kappa shape index (κ1) is 13.8. The van der Waals surface area contributed by atoms with Gasteiger partial charge in [0.1, 0.15) is 13.2 Å². The van der Waals surface area contributed by atoms with Crippen LogP contribution in [0, 0.1) is 0 Å². The normalized spacial score (nSPS) is 14.4. The Hall–Kier alpha value is -2.89. The molecule has 0 bridgehead atoms. The zero-order chi connectivity index (χ0) is 15.6. The molecule has 0 spiro atoms. The van der Waals surface area contributed by atoms with Crippen LogP contribution in [0.5, 0.6) is 23.0 Å². The summed E-state index contributed by atoms with van der Waals surface area (Å²) in [5, 5.41) is 2.89. The van der Waals surface area contributed by atoms with Gasteiger partial charge >= 0.3 is 0 Å². The van der Waals surface area contributed by atoms with E-state index in [0.29, 0.717) is 42.6 Å². The smallest absolute Gasteiger partial charge is 0.255 e. The molecule has 0 aliphatic carbocycles. The van der Waals surface area contributed by atoms with E-state index in [2.05, 4.69) is 5.32 Å². The lowest BCUT2D eigenvalue weighted by Gasteiger charge is -2.20. The van der Waals surface area contributed by atoms with Crippen molar-refractivity contribution in [1.29, 1.82) is 0 Å². The topological polar surface area (TPSA) is 66.0 Å². The maximum atomic E-state index is 12.4. The van der Waals surface area contributed by atoms with Crippen LogP contribution in [0.3, 0.4) is 0 Å². The molecule has 1 N–H and O–H groups in total. The summed E-state index contributed by atoms with van der Waals surface area (Å²) in [5.74, 6) is 2.33. The van der Waals surface area contributed by atoms with Crippen LogP contribution in [-0.4, -0.2) is 25.9 Å². The van der Waals surface area contributed by atoms with Crippen LogP contribution in [-0.2, 0) is 6.54 Å². The van der Waals surface area contributed by atoms with E-state index in [1.54, 1.807) is 18.2 Å². The Morgan fingerprint density at radius 1 is 0.957 bits per heavy atom. The number of benzene rings is 2. The van der Waals surface area contributed by atoms with Crippen LogP contribution < -0.4 is 24.3 Å². The molecule has 0 saturated heterocycles. The number of hydrogen-bond acceptors (Lipinski definition) is 5. The van der Waals surface area contributed by atoms with Gasteiger partial charge in [0.05, 0.1) is 5.56 Å². The Bertz CT molecular complexity index is 759. The number of para-hydroxylation sites is 1. The molecule has 23 heavy (non-hydrogen) atoms. The van der Waals surface area contributed by atoms with Crippen molar-refractivity contribution in [3.63, 3.8) is 0 Å². The molecule has 6 nitrogen and oxygen atoms in total. The summed E-state index contributed by atoms with van der Waals surface area (Å²) in [6, 6.07) is 10.9. The van der Waals surface area contributed by atoms with Gasteiger partial charge in [-0.25, -0.2) is 0 Å². The summed E-state index contributed by atoms with van der Waals surface area (Å²) in [4.78, 5) is 12.4. The second-order valence-electron chi connectivity index (χ2n) is 5.20. The summed E-state index contributed by atoms with van der Waals surface area (Å²) in [6.07, 6.45) is 0. The minimum absolute atomic E-state index is 0.204. The maximum Gasteiger partial charge on any atom is 0.255 e. The summed E-state index contributed by atoms with van der Waals surface area (Å²) >= 11 is 0. The van der Waals surface area contributed by atoms with Gasteiger partial charge in [-0.15, -0.1) is 0 Å². The summed E-state index contributed by atoms with van der Waals surface area (Å²) in [7, 11) is 0. The number of fused-ring (bicyclic) bond motifs is 2. The van der Waals surface area contributed by atoms with E-state index in [0.717, 1.165) is 11.3 Å². The fraction of sp³-hybridized carbons (Fsp3) is 0.235. The number of hydrogen-bond donors (Lipinski definition) is 1. The Kier molecular flexibility index (Phi) is 3.42. The Morgan fingerprint density at radius 2 is 1.83 bits per heavy atom. The number of ether oxygens (including phenoxy) is 4. The Morgan fingerprint density at radius 3 is 2.78 bits per heavy atom. The van der Waals surface area contributed by atoms with Crippen LogP contribution in [0.15, 0.2) is 36.4 Å². The molecule has 118 valence electrons. The van der Waals surface area contributed by atoms with Gasteiger partial charge in [0.2, 0.25) is 6.79 Å². The highest BCUT2D eigenvalue weighted by atomic mass is 16.7. The minimum atomic E-state index is -0.204. The van der Waals surface area contributed by atoms with Crippen LogP contribution >= 0.6 is 0 Å². The highest BCUT2D eigenvalue weighted by molar-refractivity contribution is 5.97. The predicted octanol–water partition coefficient (Wildman–Crippen LogP) is 2.12. The van der Waals surface area contributed by atoms with Gasteiger partial charge in [-0.3, -0.25) is 4.79 Å². The van der Waals surface area contributed by atoms with Crippen LogP contribution in [0.1, 0.15) is 15.9 Å². The van der Waals surface area contributed by atoms with Gasteiger partial charge in [0.25, 0.3) is 5.91 Å². The number of nitrogens with one attached hydrogen (secondary N) is 1. The van der Waals surface area contributed by atoms with E-state index in [-0.39, 0.29) is 12.7 Å². The summed E-state index contributed by atoms with van der Waals surface area (Å²) in [5.41, 5.74) is 1.41. The molecule has 0 radical (unpaired) electrons. The van der Waals surface area contributed by atoms with Crippen molar-refractivity contribution in [2.75, 3.05) is 20.0 Å². The van der Waals surface area contributed by atoms with Crippen LogP contribution in [0.25, 0.3) is 0 Å². The number of carbonyl (C=O) groups is 1. The van der Waals surface area contributed by atoms with Crippen molar-refractivity contribution in [3.05, 3.63) is 47.5 Å². The van der Waals surface area contributed by atoms with Crippen LogP contribution in [0.2, 0.25) is 0 Å². The van der Waals surface area contributed by atoms with Crippen molar-refractivity contribution in [3.8, 4) is 23.0 Å². The first-order valence-electron chi connectivity index (χ1n) is 7.36. The maximum absolute atomic E-state index is 12.4. The second-order valence-corrected chi connectivity index (χ2v) is 5.20. The fourth-order valence-corrected chi connectivity index (χ4v) is 2.58. The van der Waals surface area contributed by atoms with Gasteiger partial charge in [-0.05, 0) is 29.8 Å². The quantitative estimate of drug-likeness (QED) is 0.940. The van der Waals surface area contributed by atoms with Crippen molar-refractivity contribution in [2.24, 2.45) is 0 Å². The molecule has 6 heteroatoms. The van der Waals surface area contributed by atoms with Crippen molar-refractivity contribution in [2.45, 2.75) is 6.54 Å². The predicted molar refractivity (Wildman–Crippen MR) is 81.2 cm³/mol. The highest BCUT2D eigenvalue weighted by Gasteiger charge is 2.20. The second kappa shape index (κ2) is 5.72. The Labute approximate surface area is 132 Å². The minimum Gasteiger partial charge on any atom is -0.486 e.